The number of anilines is 2. The van der Waals surface area contributed by atoms with Gasteiger partial charge in [-0.2, -0.15) is 9.97 Å². The first-order chi connectivity index (χ1) is 15.8. The number of carbonyl (C=O) groups is 1. The molecule has 2 aliphatic rings. The van der Waals surface area contributed by atoms with Crippen LogP contribution in [0.15, 0.2) is 30.6 Å². The number of nitrogens with zero attached hydrogens (tertiary/aromatic N) is 6. The molecule has 1 atom stereocenters. The van der Waals surface area contributed by atoms with E-state index in [4.69, 9.17) is 15.0 Å². The summed E-state index contributed by atoms with van der Waals surface area (Å²) in [5, 5.41) is 4.47. The van der Waals surface area contributed by atoms with Gasteiger partial charge in [0.2, 0.25) is 5.95 Å². The Morgan fingerprint density at radius 1 is 1.06 bits per heavy atom. The predicted octanol–water partition coefficient (Wildman–Crippen LogP) is 4.33. The number of Topliss-reactive ketones (excluding diaryl/α,β-unsaturated/α-hetero) is 1. The second-order valence-electron chi connectivity index (χ2n) is 8.55. The second kappa shape index (κ2) is 8.12. The zero-order valence-corrected chi connectivity index (χ0v) is 18.6. The summed E-state index contributed by atoms with van der Waals surface area (Å²) >= 11 is 1.68. The summed E-state index contributed by atoms with van der Waals surface area (Å²) < 4.78 is 3.15. The molecule has 9 heteroatoms. The molecule has 1 N–H and O–H groups in total. The Hall–Kier alpha value is -3.07. The van der Waals surface area contributed by atoms with Crippen LogP contribution in [-0.2, 0) is 11.3 Å². The maximum Gasteiger partial charge on any atom is 0.229 e. The molecule has 0 spiro atoms. The molecule has 164 valence electrons. The second-order valence-corrected chi connectivity index (χ2v) is 9.66. The fraction of sp³-hybridized carbons (Fsp3) is 0.435. The number of fused-ring (bicyclic) bond motifs is 2. The van der Waals surface area contributed by atoms with Crippen molar-refractivity contribution < 1.29 is 4.79 Å². The Kier molecular flexibility index (Phi) is 4.98. The first-order valence-electron chi connectivity index (χ1n) is 11.4. The number of hydrogen-bond acceptors (Lipinski definition) is 8. The molecule has 4 heterocycles. The molecular weight excluding hydrogens is 422 g/mol. The average Bonchev–Trinajstić information content (AvgIpc) is 3.57. The largest absolute Gasteiger partial charge is 0.362 e. The van der Waals surface area contributed by atoms with E-state index in [2.05, 4.69) is 21.3 Å². The standard InChI is InChI=1S/C23H25N7OS/c31-17-9-3-2-8-16(17)30-14-25-20-21(27-23(28-22(20)30)29-11-5-6-12-29)24-13-19-26-15-7-1-4-10-18(15)32-19/h1,4,7,10,14,16H,2-3,5-6,8-9,11-13H2,(H,24,27,28)/t16-/m0/s1. The van der Waals surface area contributed by atoms with Gasteiger partial charge in [0.25, 0.3) is 0 Å². The summed E-state index contributed by atoms with van der Waals surface area (Å²) in [7, 11) is 0. The highest BCUT2D eigenvalue weighted by Crippen LogP contribution is 2.31. The molecular formula is C23H25N7OS. The van der Waals surface area contributed by atoms with Crippen LogP contribution < -0.4 is 10.2 Å². The lowest BCUT2D eigenvalue weighted by Gasteiger charge is -2.22. The van der Waals surface area contributed by atoms with Gasteiger partial charge in [0, 0.05) is 19.5 Å². The Balaban J connectivity index is 1.38. The van der Waals surface area contributed by atoms with Gasteiger partial charge in [-0.05, 0) is 37.8 Å². The van der Waals surface area contributed by atoms with E-state index in [1.54, 1.807) is 17.7 Å². The molecule has 1 saturated heterocycles. The third kappa shape index (κ3) is 3.50. The molecule has 1 aliphatic carbocycles. The lowest BCUT2D eigenvalue weighted by molar-refractivity contribution is -0.123. The molecule has 1 saturated carbocycles. The summed E-state index contributed by atoms with van der Waals surface area (Å²) in [6.45, 7) is 2.48. The van der Waals surface area contributed by atoms with Crippen molar-refractivity contribution in [2.75, 3.05) is 23.3 Å². The van der Waals surface area contributed by atoms with E-state index in [1.165, 1.54) is 4.70 Å². The van der Waals surface area contributed by atoms with Gasteiger partial charge in [-0.3, -0.25) is 4.79 Å². The molecule has 4 aromatic rings. The van der Waals surface area contributed by atoms with E-state index in [0.29, 0.717) is 30.2 Å². The maximum absolute atomic E-state index is 12.6. The minimum atomic E-state index is -0.174. The van der Waals surface area contributed by atoms with Gasteiger partial charge < -0.3 is 14.8 Å². The lowest BCUT2D eigenvalue weighted by Crippen LogP contribution is -2.24. The Bertz CT molecular complexity index is 1260. The number of hydrogen-bond donors (Lipinski definition) is 1. The number of thiazole rings is 1. The van der Waals surface area contributed by atoms with Crippen LogP contribution in [0.5, 0.6) is 0 Å². The van der Waals surface area contributed by atoms with Crippen LogP contribution in [0.1, 0.15) is 49.6 Å². The molecule has 1 aromatic carbocycles. The third-order valence-corrected chi connectivity index (χ3v) is 7.44. The number of para-hydroxylation sites is 1. The van der Waals surface area contributed by atoms with Crippen LogP contribution in [0, 0.1) is 0 Å². The van der Waals surface area contributed by atoms with Crippen molar-refractivity contribution in [2.24, 2.45) is 0 Å². The molecule has 8 nitrogen and oxygen atoms in total. The lowest BCUT2D eigenvalue weighted by atomic mass is 9.94. The molecule has 32 heavy (non-hydrogen) atoms. The van der Waals surface area contributed by atoms with E-state index in [9.17, 15) is 4.79 Å². The molecule has 0 radical (unpaired) electrons. The van der Waals surface area contributed by atoms with Crippen LogP contribution in [0.3, 0.4) is 0 Å². The first-order valence-corrected chi connectivity index (χ1v) is 12.2. The minimum absolute atomic E-state index is 0.174. The van der Waals surface area contributed by atoms with Crippen molar-refractivity contribution in [3.8, 4) is 0 Å². The summed E-state index contributed by atoms with van der Waals surface area (Å²) in [5.41, 5.74) is 2.47. The van der Waals surface area contributed by atoms with Crippen LogP contribution in [0.25, 0.3) is 21.4 Å². The van der Waals surface area contributed by atoms with Gasteiger partial charge in [-0.25, -0.2) is 9.97 Å². The summed E-state index contributed by atoms with van der Waals surface area (Å²) in [4.78, 5) is 34.0. The van der Waals surface area contributed by atoms with Gasteiger partial charge in [-0.15, -0.1) is 11.3 Å². The van der Waals surface area contributed by atoms with Crippen molar-refractivity contribution in [2.45, 2.75) is 51.1 Å². The molecule has 1 aliphatic heterocycles. The molecule has 6 rings (SSSR count). The quantitative estimate of drug-likeness (QED) is 0.487. The van der Waals surface area contributed by atoms with Crippen molar-refractivity contribution in [3.05, 3.63) is 35.6 Å². The number of rotatable bonds is 5. The highest BCUT2D eigenvalue weighted by atomic mass is 32.1. The smallest absolute Gasteiger partial charge is 0.229 e. The van der Waals surface area contributed by atoms with Gasteiger partial charge in [0.05, 0.1) is 29.1 Å². The molecule has 2 fully saturated rings. The van der Waals surface area contributed by atoms with E-state index in [1.807, 2.05) is 22.8 Å². The van der Waals surface area contributed by atoms with E-state index < -0.39 is 0 Å². The Morgan fingerprint density at radius 3 is 2.78 bits per heavy atom. The number of imidazole rings is 1. The molecule has 0 bridgehead atoms. The molecule has 0 unspecified atom stereocenters. The third-order valence-electron chi connectivity index (χ3n) is 6.40. The number of benzene rings is 1. The van der Waals surface area contributed by atoms with E-state index in [-0.39, 0.29) is 11.8 Å². The SMILES string of the molecule is O=C1CCCC[C@@H]1n1cnc2c(NCc3nc4ccccc4s3)nc(N3CCCC3)nc21. The zero-order valence-electron chi connectivity index (χ0n) is 17.8. The monoisotopic (exact) mass is 447 g/mol. The normalized spacial score (nSPS) is 19.3. The topological polar surface area (TPSA) is 88.8 Å². The number of aromatic nitrogens is 5. The highest BCUT2D eigenvalue weighted by molar-refractivity contribution is 7.18. The average molecular weight is 448 g/mol. The van der Waals surface area contributed by atoms with Gasteiger partial charge in [0.1, 0.15) is 5.01 Å². The van der Waals surface area contributed by atoms with Crippen LogP contribution in [0.4, 0.5) is 11.8 Å². The van der Waals surface area contributed by atoms with Gasteiger partial charge in [-0.1, -0.05) is 18.6 Å². The summed E-state index contributed by atoms with van der Waals surface area (Å²) in [6, 6.07) is 7.99. The molecule has 3 aromatic heterocycles. The van der Waals surface area contributed by atoms with Crippen molar-refractivity contribution in [3.63, 3.8) is 0 Å². The van der Waals surface area contributed by atoms with Crippen molar-refractivity contribution in [1.82, 2.24) is 24.5 Å². The summed E-state index contributed by atoms with van der Waals surface area (Å²) in [6.07, 6.45) is 7.59. The minimum Gasteiger partial charge on any atom is -0.362 e. The number of carbonyl (C=O) groups excluding carboxylic acids is 1. The maximum atomic E-state index is 12.6. The first kappa shape index (κ1) is 19.6. The van der Waals surface area contributed by atoms with Crippen LogP contribution >= 0.6 is 11.3 Å². The highest BCUT2D eigenvalue weighted by Gasteiger charge is 2.27. The predicted molar refractivity (Wildman–Crippen MR) is 126 cm³/mol. The zero-order chi connectivity index (χ0) is 21.5. The fourth-order valence-electron chi connectivity index (χ4n) is 4.73. The van der Waals surface area contributed by atoms with E-state index >= 15 is 0 Å². The Labute approximate surface area is 189 Å². The van der Waals surface area contributed by atoms with Crippen LogP contribution in [0.2, 0.25) is 0 Å². The molecule has 0 amide bonds. The van der Waals surface area contributed by atoms with Gasteiger partial charge >= 0.3 is 0 Å². The van der Waals surface area contributed by atoms with Crippen molar-refractivity contribution in [1.29, 1.82) is 0 Å². The van der Waals surface area contributed by atoms with E-state index in [0.717, 1.165) is 61.4 Å². The van der Waals surface area contributed by atoms with Gasteiger partial charge in [0.15, 0.2) is 22.8 Å². The summed E-state index contributed by atoms with van der Waals surface area (Å²) in [5.74, 6) is 1.70. The van der Waals surface area contributed by atoms with Crippen LogP contribution in [-0.4, -0.2) is 43.4 Å². The fourth-order valence-corrected chi connectivity index (χ4v) is 5.64. The number of ketones is 1. The number of nitrogens with one attached hydrogen (secondary N) is 1. The van der Waals surface area contributed by atoms with Crippen molar-refractivity contribution >= 4 is 50.3 Å². The Morgan fingerprint density at radius 2 is 1.94 bits per heavy atom.